The van der Waals surface area contributed by atoms with E-state index in [1.807, 2.05) is 11.8 Å². The molecule has 1 unspecified atom stereocenters. The number of hydrogen-bond donors (Lipinski definition) is 1. The van der Waals surface area contributed by atoms with Gasteiger partial charge in [-0.15, -0.1) is 0 Å². The van der Waals surface area contributed by atoms with Crippen molar-refractivity contribution in [1.29, 1.82) is 0 Å². The highest BCUT2D eigenvalue weighted by Gasteiger charge is 2.21. The fourth-order valence-corrected chi connectivity index (χ4v) is 2.25. The predicted octanol–water partition coefficient (Wildman–Crippen LogP) is 2.05. The molecule has 0 fully saturated rings. The monoisotopic (exact) mass is 180 g/mol. The topological polar surface area (TPSA) is 15.3 Å². The fourth-order valence-electron chi connectivity index (χ4n) is 1.21. The second-order valence-corrected chi connectivity index (χ2v) is 4.20. The molecule has 2 rings (SSSR count). The van der Waals surface area contributed by atoms with Gasteiger partial charge in [0.05, 0.1) is 0 Å². The molecule has 1 heterocycles. The average molecular weight is 180 g/mol. The van der Waals surface area contributed by atoms with Gasteiger partial charge in [0.15, 0.2) is 0 Å². The summed E-state index contributed by atoms with van der Waals surface area (Å²) in [5, 5.41) is 3.42. The summed E-state index contributed by atoms with van der Waals surface area (Å²) in [4.78, 5) is 3.52. The van der Waals surface area contributed by atoms with Crippen molar-refractivity contribution in [2.45, 2.75) is 10.4 Å². The van der Waals surface area contributed by atoms with Crippen LogP contribution in [0.3, 0.4) is 0 Å². The third-order valence-corrected chi connectivity index (χ3v) is 3.25. The molecule has 0 saturated carbocycles. The van der Waals surface area contributed by atoms with Crippen LogP contribution in [0.15, 0.2) is 29.2 Å². The van der Waals surface area contributed by atoms with Crippen LogP contribution in [0.25, 0.3) is 0 Å². The number of rotatable bonds is 1. The van der Waals surface area contributed by atoms with Gasteiger partial charge >= 0.3 is 0 Å². The van der Waals surface area contributed by atoms with E-state index >= 15 is 0 Å². The molecule has 12 heavy (non-hydrogen) atoms. The SMILES string of the molecule is CN(C)C1Nc2ccccc2S1. The molecule has 0 spiro atoms. The van der Waals surface area contributed by atoms with Gasteiger partial charge in [-0.05, 0) is 26.2 Å². The highest BCUT2D eigenvalue weighted by molar-refractivity contribution is 8.00. The van der Waals surface area contributed by atoms with Crippen molar-refractivity contribution in [3.05, 3.63) is 24.3 Å². The Morgan fingerprint density at radius 3 is 2.75 bits per heavy atom. The van der Waals surface area contributed by atoms with Crippen LogP contribution in [0, 0.1) is 0 Å². The second kappa shape index (κ2) is 2.99. The van der Waals surface area contributed by atoms with E-state index in [0.717, 1.165) is 0 Å². The van der Waals surface area contributed by atoms with E-state index in [1.54, 1.807) is 0 Å². The molecule has 3 heteroatoms. The molecule has 0 amide bonds. The first-order valence-electron chi connectivity index (χ1n) is 3.96. The molecule has 0 radical (unpaired) electrons. The quantitative estimate of drug-likeness (QED) is 0.712. The summed E-state index contributed by atoms with van der Waals surface area (Å²) in [7, 11) is 4.16. The Balaban J connectivity index is 2.22. The molecule has 64 valence electrons. The maximum atomic E-state index is 3.42. The second-order valence-electron chi connectivity index (χ2n) is 3.07. The Hall–Kier alpha value is -0.670. The van der Waals surface area contributed by atoms with E-state index < -0.39 is 0 Å². The van der Waals surface area contributed by atoms with Crippen LogP contribution in [0.5, 0.6) is 0 Å². The molecule has 0 aliphatic carbocycles. The molecule has 2 nitrogen and oxygen atoms in total. The van der Waals surface area contributed by atoms with Gasteiger partial charge in [-0.25, -0.2) is 0 Å². The first-order valence-corrected chi connectivity index (χ1v) is 4.84. The van der Waals surface area contributed by atoms with E-state index in [9.17, 15) is 0 Å². The minimum Gasteiger partial charge on any atom is -0.360 e. The normalized spacial score (nSPS) is 20.8. The van der Waals surface area contributed by atoms with Crippen molar-refractivity contribution < 1.29 is 0 Å². The molecule has 1 aromatic rings. The lowest BCUT2D eigenvalue weighted by atomic mass is 10.3. The van der Waals surface area contributed by atoms with E-state index in [4.69, 9.17) is 0 Å². The van der Waals surface area contributed by atoms with Crippen molar-refractivity contribution in [1.82, 2.24) is 4.90 Å². The summed E-state index contributed by atoms with van der Waals surface area (Å²) in [5.41, 5.74) is 1.64. The predicted molar refractivity (Wildman–Crippen MR) is 53.4 cm³/mol. The Labute approximate surface area is 77.0 Å². The lowest BCUT2D eigenvalue weighted by molar-refractivity contribution is 0.412. The van der Waals surface area contributed by atoms with Gasteiger partial charge in [-0.1, -0.05) is 23.9 Å². The molecular weight excluding hydrogens is 168 g/mol. The Kier molecular flexibility index (Phi) is 1.98. The van der Waals surface area contributed by atoms with E-state index in [0.29, 0.717) is 5.50 Å². The molecule has 1 atom stereocenters. The molecular formula is C9H12N2S. The fraction of sp³-hybridized carbons (Fsp3) is 0.333. The molecule has 1 N–H and O–H groups in total. The number of nitrogens with one attached hydrogen (secondary N) is 1. The summed E-state index contributed by atoms with van der Waals surface area (Å²) in [6.07, 6.45) is 0. The molecule has 0 saturated heterocycles. The Morgan fingerprint density at radius 1 is 1.33 bits per heavy atom. The van der Waals surface area contributed by atoms with Gasteiger partial charge in [0, 0.05) is 10.6 Å². The standard InChI is InChI=1S/C9H12N2S/c1-11(2)9-10-7-5-3-4-6-8(7)12-9/h3-6,9-10H,1-2H3. The lowest BCUT2D eigenvalue weighted by Gasteiger charge is -2.18. The van der Waals surface area contributed by atoms with Crippen molar-refractivity contribution in [2.24, 2.45) is 0 Å². The van der Waals surface area contributed by atoms with E-state index in [1.165, 1.54) is 10.6 Å². The number of benzene rings is 1. The molecule has 1 aliphatic rings. The highest BCUT2D eigenvalue weighted by atomic mass is 32.2. The molecule has 0 bridgehead atoms. The van der Waals surface area contributed by atoms with Gasteiger partial charge in [0.25, 0.3) is 0 Å². The zero-order valence-electron chi connectivity index (χ0n) is 7.24. The van der Waals surface area contributed by atoms with Crippen LogP contribution in [0.2, 0.25) is 0 Å². The zero-order valence-corrected chi connectivity index (χ0v) is 8.06. The lowest BCUT2D eigenvalue weighted by Crippen LogP contribution is -2.28. The van der Waals surface area contributed by atoms with Crippen LogP contribution in [0.1, 0.15) is 0 Å². The molecule has 1 aliphatic heterocycles. The van der Waals surface area contributed by atoms with Gasteiger partial charge < -0.3 is 5.32 Å². The van der Waals surface area contributed by atoms with Gasteiger partial charge in [-0.3, -0.25) is 4.90 Å². The van der Waals surface area contributed by atoms with E-state index in [-0.39, 0.29) is 0 Å². The maximum absolute atomic E-state index is 3.42. The summed E-state index contributed by atoms with van der Waals surface area (Å²) >= 11 is 1.86. The van der Waals surface area contributed by atoms with Gasteiger partial charge in [-0.2, -0.15) is 0 Å². The van der Waals surface area contributed by atoms with Crippen molar-refractivity contribution >= 4 is 17.4 Å². The largest absolute Gasteiger partial charge is 0.360 e. The van der Waals surface area contributed by atoms with Crippen molar-refractivity contribution in [3.8, 4) is 0 Å². The number of hydrogen-bond acceptors (Lipinski definition) is 3. The maximum Gasteiger partial charge on any atom is 0.132 e. The van der Waals surface area contributed by atoms with Crippen LogP contribution < -0.4 is 5.32 Å². The van der Waals surface area contributed by atoms with Gasteiger partial charge in [0.1, 0.15) is 5.50 Å². The first-order chi connectivity index (χ1) is 5.77. The summed E-state index contributed by atoms with van der Waals surface area (Å²) in [5.74, 6) is 0. The number of nitrogens with zero attached hydrogens (tertiary/aromatic N) is 1. The van der Waals surface area contributed by atoms with Gasteiger partial charge in [0.2, 0.25) is 0 Å². The zero-order chi connectivity index (χ0) is 8.55. The number of thioether (sulfide) groups is 1. The van der Waals surface area contributed by atoms with E-state index in [2.05, 4.69) is 48.6 Å². The number of fused-ring (bicyclic) bond motifs is 1. The summed E-state index contributed by atoms with van der Waals surface area (Å²) in [6, 6.07) is 8.40. The van der Waals surface area contributed by atoms with Crippen LogP contribution >= 0.6 is 11.8 Å². The smallest absolute Gasteiger partial charge is 0.132 e. The summed E-state index contributed by atoms with van der Waals surface area (Å²) in [6.45, 7) is 0. The highest BCUT2D eigenvalue weighted by Crippen LogP contribution is 2.38. The number of para-hydroxylation sites is 1. The first kappa shape index (κ1) is 7.95. The molecule has 0 aromatic heterocycles. The van der Waals surface area contributed by atoms with Crippen molar-refractivity contribution in [3.63, 3.8) is 0 Å². The number of anilines is 1. The third kappa shape index (κ3) is 1.30. The Morgan fingerprint density at radius 2 is 2.08 bits per heavy atom. The molecule has 1 aromatic carbocycles. The van der Waals surface area contributed by atoms with Crippen molar-refractivity contribution in [2.75, 3.05) is 19.4 Å². The average Bonchev–Trinajstić information content (AvgIpc) is 2.46. The summed E-state index contributed by atoms with van der Waals surface area (Å²) < 4.78 is 0. The minimum absolute atomic E-state index is 0.391. The van der Waals surface area contributed by atoms with Crippen LogP contribution in [-0.2, 0) is 0 Å². The third-order valence-electron chi connectivity index (χ3n) is 1.87. The minimum atomic E-state index is 0.391. The Bertz CT molecular complexity index is 261. The van der Waals surface area contributed by atoms with Crippen LogP contribution in [0.4, 0.5) is 5.69 Å². The van der Waals surface area contributed by atoms with Crippen LogP contribution in [-0.4, -0.2) is 24.5 Å².